The van der Waals surface area contributed by atoms with E-state index < -0.39 is 10.0 Å². The van der Waals surface area contributed by atoms with E-state index in [1.54, 1.807) is 24.3 Å². The highest BCUT2D eigenvalue weighted by Gasteiger charge is 2.25. The van der Waals surface area contributed by atoms with Crippen LogP contribution in [0.1, 0.15) is 12.0 Å². The fourth-order valence-electron chi connectivity index (χ4n) is 2.98. The molecule has 5 nitrogen and oxygen atoms in total. The van der Waals surface area contributed by atoms with Crippen molar-refractivity contribution in [3.05, 3.63) is 59.9 Å². The van der Waals surface area contributed by atoms with Crippen molar-refractivity contribution in [2.75, 3.05) is 24.5 Å². The lowest BCUT2D eigenvalue weighted by Crippen LogP contribution is -2.31. The molecular formula is C18H18FN3O2S. The second-order valence-corrected chi connectivity index (χ2v) is 7.77. The highest BCUT2D eigenvalue weighted by atomic mass is 32.2. The second-order valence-electron chi connectivity index (χ2n) is 6.04. The van der Waals surface area contributed by atoms with Crippen molar-refractivity contribution in [2.24, 2.45) is 5.92 Å². The van der Waals surface area contributed by atoms with Crippen LogP contribution in [0.15, 0.2) is 53.4 Å². The molecule has 2 aromatic rings. The zero-order valence-corrected chi connectivity index (χ0v) is 14.3. The van der Waals surface area contributed by atoms with Gasteiger partial charge in [-0.25, -0.2) is 17.5 Å². The van der Waals surface area contributed by atoms with Crippen LogP contribution in [-0.4, -0.2) is 28.1 Å². The van der Waals surface area contributed by atoms with Crippen LogP contribution in [0.5, 0.6) is 0 Å². The smallest absolute Gasteiger partial charge is 0.241 e. The van der Waals surface area contributed by atoms with E-state index in [1.165, 1.54) is 24.3 Å². The van der Waals surface area contributed by atoms with Crippen LogP contribution in [0.3, 0.4) is 0 Å². The van der Waals surface area contributed by atoms with E-state index >= 15 is 0 Å². The number of sulfonamides is 1. The first kappa shape index (κ1) is 17.4. The SMILES string of the molecule is N#Cc1ccccc1S(=O)(=O)NCC1CCN(c2ccc(F)cc2)C1. The molecule has 0 amide bonds. The van der Waals surface area contributed by atoms with Crippen LogP contribution >= 0.6 is 0 Å². The van der Waals surface area contributed by atoms with Gasteiger partial charge in [0, 0.05) is 25.3 Å². The molecule has 1 aliphatic rings. The molecule has 0 saturated carbocycles. The number of hydrogen-bond acceptors (Lipinski definition) is 4. The van der Waals surface area contributed by atoms with Crippen molar-refractivity contribution in [2.45, 2.75) is 11.3 Å². The second kappa shape index (κ2) is 7.21. The number of nitrogens with one attached hydrogen (secondary N) is 1. The molecule has 1 fully saturated rings. The van der Waals surface area contributed by atoms with Gasteiger partial charge in [0.1, 0.15) is 11.9 Å². The number of anilines is 1. The fraction of sp³-hybridized carbons (Fsp3) is 0.278. The van der Waals surface area contributed by atoms with E-state index in [1.807, 2.05) is 6.07 Å². The molecule has 1 heterocycles. The highest BCUT2D eigenvalue weighted by Crippen LogP contribution is 2.24. The van der Waals surface area contributed by atoms with Gasteiger partial charge in [-0.15, -0.1) is 0 Å². The van der Waals surface area contributed by atoms with Gasteiger partial charge in [-0.3, -0.25) is 0 Å². The Labute approximate surface area is 146 Å². The third-order valence-corrected chi connectivity index (χ3v) is 5.82. The molecule has 2 aromatic carbocycles. The Hall–Kier alpha value is -2.43. The molecule has 1 unspecified atom stereocenters. The van der Waals surface area contributed by atoms with E-state index in [-0.39, 0.29) is 22.2 Å². The van der Waals surface area contributed by atoms with Crippen molar-refractivity contribution in [3.8, 4) is 6.07 Å². The molecule has 0 aliphatic carbocycles. The predicted molar refractivity (Wildman–Crippen MR) is 93.1 cm³/mol. The highest BCUT2D eigenvalue weighted by molar-refractivity contribution is 7.89. The largest absolute Gasteiger partial charge is 0.371 e. The number of halogens is 1. The quantitative estimate of drug-likeness (QED) is 0.890. The van der Waals surface area contributed by atoms with Gasteiger partial charge in [0.2, 0.25) is 10.0 Å². The summed E-state index contributed by atoms with van der Waals surface area (Å²) < 4.78 is 40.5. The summed E-state index contributed by atoms with van der Waals surface area (Å²) >= 11 is 0. The maximum atomic E-state index is 13.0. The molecule has 0 aromatic heterocycles. The topological polar surface area (TPSA) is 73.2 Å². The molecular weight excluding hydrogens is 341 g/mol. The Morgan fingerprint density at radius 2 is 1.92 bits per heavy atom. The van der Waals surface area contributed by atoms with Gasteiger partial charge in [-0.1, -0.05) is 12.1 Å². The zero-order chi connectivity index (χ0) is 17.9. The molecule has 0 bridgehead atoms. The summed E-state index contributed by atoms with van der Waals surface area (Å²) in [7, 11) is -3.72. The normalized spacial score (nSPS) is 17.4. The Balaban J connectivity index is 1.62. The monoisotopic (exact) mass is 359 g/mol. The Bertz CT molecular complexity index is 891. The summed E-state index contributed by atoms with van der Waals surface area (Å²) in [4.78, 5) is 2.12. The van der Waals surface area contributed by atoms with Gasteiger partial charge in [0.25, 0.3) is 0 Å². The van der Waals surface area contributed by atoms with Crippen LogP contribution in [0, 0.1) is 23.1 Å². The first-order chi connectivity index (χ1) is 12.0. The molecule has 1 N–H and O–H groups in total. The van der Waals surface area contributed by atoms with Crippen molar-refractivity contribution < 1.29 is 12.8 Å². The average molecular weight is 359 g/mol. The maximum absolute atomic E-state index is 13.0. The van der Waals surface area contributed by atoms with E-state index in [0.717, 1.165) is 18.7 Å². The number of nitrogens with zero attached hydrogens (tertiary/aromatic N) is 2. The van der Waals surface area contributed by atoms with E-state index in [4.69, 9.17) is 5.26 Å². The molecule has 1 atom stereocenters. The number of benzene rings is 2. The number of rotatable bonds is 5. The standard InChI is InChI=1S/C18H18FN3O2S/c19-16-5-7-17(8-6-16)22-10-9-14(13-22)12-21-25(23,24)18-4-2-1-3-15(18)11-20/h1-8,14,21H,9-10,12-13H2. The van der Waals surface area contributed by atoms with Crippen LogP contribution in [0.25, 0.3) is 0 Å². The summed E-state index contributed by atoms with van der Waals surface area (Å²) in [6.07, 6.45) is 0.847. The lowest BCUT2D eigenvalue weighted by atomic mass is 10.1. The minimum Gasteiger partial charge on any atom is -0.371 e. The fourth-order valence-corrected chi connectivity index (χ4v) is 4.26. The van der Waals surface area contributed by atoms with Crippen LogP contribution in [0.2, 0.25) is 0 Å². The van der Waals surface area contributed by atoms with E-state index in [9.17, 15) is 12.8 Å². The van der Waals surface area contributed by atoms with Crippen molar-refractivity contribution in [3.63, 3.8) is 0 Å². The summed E-state index contributed by atoms with van der Waals surface area (Å²) in [6, 6.07) is 14.4. The van der Waals surface area contributed by atoms with Gasteiger partial charge >= 0.3 is 0 Å². The molecule has 25 heavy (non-hydrogen) atoms. The first-order valence-corrected chi connectivity index (χ1v) is 9.47. The molecule has 1 saturated heterocycles. The van der Waals surface area contributed by atoms with Crippen molar-refractivity contribution in [1.29, 1.82) is 5.26 Å². The minimum absolute atomic E-state index is 0.00545. The third kappa shape index (κ3) is 3.98. The van der Waals surface area contributed by atoms with Gasteiger partial charge in [-0.05, 0) is 48.7 Å². The van der Waals surface area contributed by atoms with Gasteiger partial charge in [0.05, 0.1) is 10.5 Å². The van der Waals surface area contributed by atoms with E-state index in [2.05, 4.69) is 9.62 Å². The number of hydrogen-bond donors (Lipinski definition) is 1. The van der Waals surface area contributed by atoms with Gasteiger partial charge in [-0.2, -0.15) is 5.26 Å². The molecule has 1 aliphatic heterocycles. The Kier molecular flexibility index (Phi) is 5.02. The van der Waals surface area contributed by atoms with Crippen LogP contribution < -0.4 is 9.62 Å². The molecule has 130 valence electrons. The molecule has 3 rings (SSSR count). The Morgan fingerprint density at radius 1 is 1.20 bits per heavy atom. The van der Waals surface area contributed by atoms with Crippen molar-refractivity contribution in [1.82, 2.24) is 4.72 Å². The minimum atomic E-state index is -3.72. The van der Waals surface area contributed by atoms with Crippen LogP contribution in [-0.2, 0) is 10.0 Å². The Morgan fingerprint density at radius 3 is 2.64 bits per heavy atom. The van der Waals surface area contributed by atoms with Crippen molar-refractivity contribution >= 4 is 15.7 Å². The first-order valence-electron chi connectivity index (χ1n) is 7.99. The maximum Gasteiger partial charge on any atom is 0.241 e. The third-order valence-electron chi connectivity index (χ3n) is 4.34. The summed E-state index contributed by atoms with van der Waals surface area (Å²) in [5.74, 6) is -0.113. The van der Waals surface area contributed by atoms with Gasteiger partial charge < -0.3 is 4.90 Å². The lowest BCUT2D eigenvalue weighted by molar-refractivity contribution is 0.541. The summed E-state index contributed by atoms with van der Waals surface area (Å²) in [5.41, 5.74) is 1.07. The zero-order valence-electron chi connectivity index (χ0n) is 13.5. The summed E-state index contributed by atoms with van der Waals surface area (Å²) in [6.45, 7) is 1.81. The molecule has 7 heteroatoms. The lowest BCUT2D eigenvalue weighted by Gasteiger charge is -2.19. The van der Waals surface area contributed by atoms with Crippen LogP contribution in [0.4, 0.5) is 10.1 Å². The summed E-state index contributed by atoms with van der Waals surface area (Å²) in [5, 5.41) is 9.07. The predicted octanol–water partition coefficient (Wildman–Crippen LogP) is 2.50. The molecule has 0 spiro atoms. The molecule has 0 radical (unpaired) electrons. The van der Waals surface area contributed by atoms with E-state index in [0.29, 0.717) is 13.1 Å². The number of nitriles is 1. The average Bonchev–Trinajstić information content (AvgIpc) is 3.10. The van der Waals surface area contributed by atoms with Gasteiger partial charge in [0.15, 0.2) is 0 Å².